The number of hydrogen-bond acceptors (Lipinski definition) is 9. The molecule has 1 aliphatic heterocycles. The average Bonchev–Trinajstić information content (AvgIpc) is 2.31. The molecule has 4 atom stereocenters. The van der Waals surface area contributed by atoms with E-state index >= 15 is 0 Å². The molecule has 0 amide bonds. The molecule has 0 radical (unpaired) electrons. The van der Waals surface area contributed by atoms with Crippen LogP contribution in [0.3, 0.4) is 0 Å². The number of aliphatic hydroxyl groups is 5. The third kappa shape index (κ3) is 5.52. The van der Waals surface area contributed by atoms with E-state index in [9.17, 15) is 33.4 Å². The molecule has 0 aromatic heterocycles. The van der Waals surface area contributed by atoms with Gasteiger partial charge in [0, 0.05) is 0 Å². The second kappa shape index (κ2) is 7.45. The fourth-order valence-electron chi connectivity index (χ4n) is 1.86. The van der Waals surface area contributed by atoms with E-state index in [4.69, 9.17) is 5.11 Å². The molecule has 1 aliphatic rings. The zero-order valence-corrected chi connectivity index (χ0v) is 12.9. The Labute approximate surface area is 120 Å². The fraction of sp³-hybridized carbons (Fsp3) is 1.00. The first-order valence-corrected chi connectivity index (χ1v) is 10.7. The van der Waals surface area contributed by atoms with Crippen molar-refractivity contribution < 1.29 is 42.7 Å². The molecular weight excluding hydrogens is 363 g/mol. The van der Waals surface area contributed by atoms with Crippen LogP contribution in [0.25, 0.3) is 0 Å². The Balaban J connectivity index is 2.58. The second-order valence-electron chi connectivity index (χ2n) is 4.53. The van der Waals surface area contributed by atoms with Crippen LogP contribution in [0.15, 0.2) is 0 Å². The predicted molar refractivity (Wildman–Crippen MR) is 65.9 cm³/mol. The molecule has 0 saturated carbocycles. The molecular formula is C9H18O9SSe. The van der Waals surface area contributed by atoms with Crippen molar-refractivity contribution in [2.75, 3.05) is 6.61 Å². The first kappa shape index (κ1) is 18.2. The van der Waals surface area contributed by atoms with E-state index < -0.39 is 61.4 Å². The number of hydrogen-bond donors (Lipinski definition) is 5. The van der Waals surface area contributed by atoms with Crippen molar-refractivity contribution in [1.29, 1.82) is 0 Å². The minimum absolute atomic E-state index is 0.0294. The van der Waals surface area contributed by atoms with Crippen LogP contribution in [0.5, 0.6) is 0 Å². The Kier molecular flexibility index (Phi) is 6.80. The van der Waals surface area contributed by atoms with Gasteiger partial charge in [0.1, 0.15) is 0 Å². The Hall–Kier alpha value is 0.189. The maximum absolute atomic E-state index is 10.4. The van der Waals surface area contributed by atoms with Crippen LogP contribution in [0.2, 0.25) is 16.0 Å². The van der Waals surface area contributed by atoms with Gasteiger partial charge in [-0.15, -0.1) is 0 Å². The normalized spacial score (nSPS) is 34.7. The molecule has 0 aliphatic carbocycles. The first-order valence-electron chi connectivity index (χ1n) is 5.75. The molecule has 1 rings (SSSR count). The van der Waals surface area contributed by atoms with Gasteiger partial charge in [-0.2, -0.15) is 0 Å². The first-order chi connectivity index (χ1) is 9.14. The molecule has 0 aromatic carbocycles. The van der Waals surface area contributed by atoms with Gasteiger partial charge >= 0.3 is 120 Å². The van der Waals surface area contributed by atoms with Crippen LogP contribution in [0.1, 0.15) is 0 Å². The topological polar surface area (TPSA) is 168 Å². The van der Waals surface area contributed by atoms with Gasteiger partial charge in [0.05, 0.1) is 0 Å². The van der Waals surface area contributed by atoms with Gasteiger partial charge in [-0.25, -0.2) is 0 Å². The predicted octanol–water partition coefficient (Wildman–Crippen LogP) is -3.22. The molecule has 5 N–H and O–H groups in total. The molecule has 9 nitrogen and oxygen atoms in total. The molecule has 20 heavy (non-hydrogen) atoms. The van der Waals surface area contributed by atoms with E-state index in [0.29, 0.717) is 0 Å². The van der Waals surface area contributed by atoms with Crippen LogP contribution in [-0.2, 0) is 14.6 Å². The van der Waals surface area contributed by atoms with Crippen LogP contribution in [-0.4, -0.2) is 89.5 Å². The Morgan fingerprint density at radius 2 is 1.75 bits per heavy atom. The minimum atomic E-state index is -5.05. The maximum atomic E-state index is 10.4. The Morgan fingerprint density at radius 3 is 2.15 bits per heavy atom. The molecule has 1 heterocycles. The van der Waals surface area contributed by atoms with Crippen molar-refractivity contribution in [3.05, 3.63) is 0 Å². The second-order valence-corrected chi connectivity index (χ2v) is 10.2. The number of aliphatic hydroxyl groups excluding tert-OH is 5. The molecule has 11 heteroatoms. The number of rotatable bonds is 6. The third-order valence-corrected chi connectivity index (χ3v) is 8.46. The standard InChI is InChI=1S/C9H18O9SSe/c10-1-8(18-19(15,16)17)5(11)2-20-3-6(12)9(14)7(13)4-20/h5-14H,1-4H2. The Bertz CT molecular complexity index is 390. The summed E-state index contributed by atoms with van der Waals surface area (Å²) in [6.45, 7) is -0.852. The van der Waals surface area contributed by atoms with E-state index in [-0.39, 0.29) is 16.0 Å². The summed E-state index contributed by atoms with van der Waals surface area (Å²) in [5, 5.41) is 47.6. The third-order valence-electron chi connectivity index (χ3n) is 2.86. The van der Waals surface area contributed by atoms with Crippen molar-refractivity contribution in [1.82, 2.24) is 0 Å². The summed E-state index contributed by atoms with van der Waals surface area (Å²) in [5.41, 5.74) is 0. The van der Waals surface area contributed by atoms with Crippen LogP contribution in [0, 0.1) is 0 Å². The van der Waals surface area contributed by atoms with Gasteiger partial charge in [0.15, 0.2) is 0 Å². The van der Waals surface area contributed by atoms with Gasteiger partial charge in [-0.1, -0.05) is 0 Å². The van der Waals surface area contributed by atoms with Gasteiger partial charge < -0.3 is 0 Å². The van der Waals surface area contributed by atoms with Crippen molar-refractivity contribution in [3.8, 4) is 0 Å². The molecule has 120 valence electrons. The van der Waals surface area contributed by atoms with E-state index in [2.05, 4.69) is 4.18 Å². The summed E-state index contributed by atoms with van der Waals surface area (Å²) in [6.07, 6.45) is -6.41. The summed E-state index contributed by atoms with van der Waals surface area (Å²) in [4.78, 5) is 0. The van der Waals surface area contributed by atoms with Crippen LogP contribution >= 0.6 is 0 Å². The van der Waals surface area contributed by atoms with E-state index in [1.54, 1.807) is 0 Å². The van der Waals surface area contributed by atoms with Gasteiger partial charge in [0.25, 0.3) is 0 Å². The van der Waals surface area contributed by atoms with E-state index in [1.807, 2.05) is 0 Å². The summed E-state index contributed by atoms with van der Waals surface area (Å²) in [7, 11) is -5.05. The van der Waals surface area contributed by atoms with Crippen molar-refractivity contribution >= 4 is 24.3 Å². The molecule has 0 bridgehead atoms. The Morgan fingerprint density at radius 1 is 1.25 bits per heavy atom. The van der Waals surface area contributed by atoms with E-state index in [0.717, 1.165) is 0 Å². The molecule has 1 fully saturated rings. The summed E-state index contributed by atoms with van der Waals surface area (Å²) in [6, 6.07) is 0. The molecule has 0 spiro atoms. The summed E-state index contributed by atoms with van der Waals surface area (Å²) < 4.78 is 35.4. The molecule has 4 unspecified atom stereocenters. The zero-order valence-electron chi connectivity index (χ0n) is 10.4. The van der Waals surface area contributed by atoms with Crippen LogP contribution in [0.4, 0.5) is 0 Å². The van der Waals surface area contributed by atoms with Gasteiger partial charge in [0.2, 0.25) is 0 Å². The van der Waals surface area contributed by atoms with E-state index in [1.165, 1.54) is 0 Å². The SMILES string of the molecule is O=S(=O)([O-])OC(CO)C(O)C[Se+]1CC(O)C(O)C(O)C1. The monoisotopic (exact) mass is 382 g/mol. The molecule has 1 saturated heterocycles. The molecule has 0 aromatic rings. The van der Waals surface area contributed by atoms with Crippen molar-refractivity contribution in [2.24, 2.45) is 0 Å². The quantitative estimate of drug-likeness (QED) is 0.181. The average molecular weight is 381 g/mol. The van der Waals surface area contributed by atoms with Gasteiger partial charge in [-0.3, -0.25) is 0 Å². The fourth-order valence-corrected chi connectivity index (χ4v) is 7.52. The zero-order chi connectivity index (χ0) is 15.5. The summed E-state index contributed by atoms with van der Waals surface area (Å²) in [5.74, 6) is 0. The summed E-state index contributed by atoms with van der Waals surface area (Å²) >= 11 is -1.73. The van der Waals surface area contributed by atoms with Gasteiger partial charge in [-0.05, 0) is 0 Å². The van der Waals surface area contributed by atoms with Crippen LogP contribution < -0.4 is 0 Å². The van der Waals surface area contributed by atoms with Crippen molar-refractivity contribution in [3.63, 3.8) is 0 Å². The van der Waals surface area contributed by atoms with Crippen molar-refractivity contribution in [2.45, 2.75) is 46.5 Å².